The van der Waals surface area contributed by atoms with E-state index in [2.05, 4.69) is 9.97 Å². The number of nitrogens with zero attached hydrogens (tertiary/aromatic N) is 1. The molecule has 0 aliphatic heterocycles. The Bertz CT molecular complexity index is 757. The highest BCUT2D eigenvalue weighted by atomic mass is 16.3. The van der Waals surface area contributed by atoms with Gasteiger partial charge in [0.25, 0.3) is 5.56 Å². The average Bonchev–Trinajstić information content (AvgIpc) is 2.85. The van der Waals surface area contributed by atoms with Crippen LogP contribution in [0.25, 0.3) is 22.6 Å². The zero-order valence-electron chi connectivity index (χ0n) is 10.4. The lowest BCUT2D eigenvalue weighted by Crippen LogP contribution is -2.08. The van der Waals surface area contributed by atoms with E-state index in [0.29, 0.717) is 11.5 Å². The van der Waals surface area contributed by atoms with Crippen molar-refractivity contribution in [2.45, 2.75) is 6.92 Å². The number of benzene rings is 1. The van der Waals surface area contributed by atoms with E-state index in [4.69, 9.17) is 4.42 Å². The van der Waals surface area contributed by atoms with E-state index < -0.39 is 0 Å². The second-order valence-electron chi connectivity index (χ2n) is 4.24. The van der Waals surface area contributed by atoms with Crippen molar-refractivity contribution < 1.29 is 4.42 Å². The number of nitrogens with one attached hydrogen (secondary N) is 1. The normalized spacial score (nSPS) is 10.6. The maximum atomic E-state index is 11.8. The Morgan fingerprint density at radius 2 is 1.95 bits per heavy atom. The summed E-state index contributed by atoms with van der Waals surface area (Å²) in [6.07, 6.45) is 1.58. The fourth-order valence-corrected chi connectivity index (χ4v) is 1.97. The topological polar surface area (TPSA) is 58.9 Å². The SMILES string of the molecule is Cc1occc1-c1nc(-c2ccccc2)cc(=O)[nH]1. The molecule has 19 heavy (non-hydrogen) atoms. The van der Waals surface area contributed by atoms with Gasteiger partial charge >= 0.3 is 0 Å². The van der Waals surface area contributed by atoms with Crippen LogP contribution in [0.4, 0.5) is 0 Å². The summed E-state index contributed by atoms with van der Waals surface area (Å²) < 4.78 is 5.24. The van der Waals surface area contributed by atoms with Gasteiger partial charge in [0.15, 0.2) is 0 Å². The Hall–Kier alpha value is -2.62. The third-order valence-corrected chi connectivity index (χ3v) is 2.93. The van der Waals surface area contributed by atoms with Crippen molar-refractivity contribution in [3.05, 3.63) is 64.8 Å². The number of aromatic nitrogens is 2. The zero-order chi connectivity index (χ0) is 13.2. The van der Waals surface area contributed by atoms with Gasteiger partial charge in [0.05, 0.1) is 17.5 Å². The molecule has 0 amide bonds. The largest absolute Gasteiger partial charge is 0.469 e. The maximum absolute atomic E-state index is 11.8. The van der Waals surface area contributed by atoms with Gasteiger partial charge in [0.1, 0.15) is 11.6 Å². The van der Waals surface area contributed by atoms with Crippen molar-refractivity contribution in [2.75, 3.05) is 0 Å². The van der Waals surface area contributed by atoms with Gasteiger partial charge < -0.3 is 9.40 Å². The summed E-state index contributed by atoms with van der Waals surface area (Å²) in [6.45, 7) is 1.84. The van der Waals surface area contributed by atoms with E-state index in [-0.39, 0.29) is 5.56 Å². The van der Waals surface area contributed by atoms with Gasteiger partial charge in [-0.3, -0.25) is 4.79 Å². The first-order valence-electron chi connectivity index (χ1n) is 5.95. The van der Waals surface area contributed by atoms with Crippen molar-refractivity contribution in [1.82, 2.24) is 9.97 Å². The third kappa shape index (κ3) is 2.20. The van der Waals surface area contributed by atoms with Crippen LogP contribution in [0.5, 0.6) is 0 Å². The molecule has 2 heterocycles. The van der Waals surface area contributed by atoms with Crippen LogP contribution < -0.4 is 5.56 Å². The molecule has 0 fully saturated rings. The number of aryl methyl sites for hydroxylation is 1. The third-order valence-electron chi connectivity index (χ3n) is 2.93. The maximum Gasteiger partial charge on any atom is 0.251 e. The minimum absolute atomic E-state index is 0.176. The summed E-state index contributed by atoms with van der Waals surface area (Å²) in [5, 5.41) is 0. The molecular weight excluding hydrogens is 240 g/mol. The molecule has 0 atom stereocenters. The van der Waals surface area contributed by atoms with Crippen LogP contribution in [0.2, 0.25) is 0 Å². The summed E-state index contributed by atoms with van der Waals surface area (Å²) in [5.74, 6) is 1.26. The molecule has 0 bridgehead atoms. The van der Waals surface area contributed by atoms with Crippen LogP contribution in [-0.2, 0) is 0 Å². The number of hydrogen-bond acceptors (Lipinski definition) is 3. The Balaban J connectivity index is 2.17. The molecular formula is C15H12N2O2. The van der Waals surface area contributed by atoms with E-state index in [9.17, 15) is 4.79 Å². The second-order valence-corrected chi connectivity index (χ2v) is 4.24. The van der Waals surface area contributed by atoms with E-state index >= 15 is 0 Å². The van der Waals surface area contributed by atoms with E-state index in [1.165, 1.54) is 6.07 Å². The molecule has 94 valence electrons. The van der Waals surface area contributed by atoms with E-state index in [1.807, 2.05) is 37.3 Å². The number of rotatable bonds is 2. The molecule has 0 radical (unpaired) electrons. The van der Waals surface area contributed by atoms with Crippen molar-refractivity contribution in [1.29, 1.82) is 0 Å². The molecule has 0 spiro atoms. The first kappa shape index (κ1) is 11.5. The van der Waals surface area contributed by atoms with Crippen LogP contribution in [0, 0.1) is 6.92 Å². The summed E-state index contributed by atoms with van der Waals surface area (Å²) in [5.41, 5.74) is 2.19. The first-order chi connectivity index (χ1) is 9.24. The molecule has 0 aliphatic rings. The predicted molar refractivity (Wildman–Crippen MR) is 72.7 cm³/mol. The number of furan rings is 1. The van der Waals surface area contributed by atoms with Crippen LogP contribution in [-0.4, -0.2) is 9.97 Å². The smallest absolute Gasteiger partial charge is 0.251 e. The quantitative estimate of drug-likeness (QED) is 0.762. The summed E-state index contributed by atoms with van der Waals surface area (Å²) in [4.78, 5) is 19.0. The van der Waals surface area contributed by atoms with Crippen molar-refractivity contribution in [2.24, 2.45) is 0 Å². The first-order valence-corrected chi connectivity index (χ1v) is 5.95. The molecule has 1 aromatic carbocycles. The van der Waals surface area contributed by atoms with E-state index in [0.717, 1.165) is 16.9 Å². The molecule has 0 aliphatic carbocycles. The lowest BCUT2D eigenvalue weighted by molar-refractivity contribution is 0.535. The van der Waals surface area contributed by atoms with Crippen molar-refractivity contribution in [3.8, 4) is 22.6 Å². The fourth-order valence-electron chi connectivity index (χ4n) is 1.97. The Kier molecular flexibility index (Phi) is 2.76. The predicted octanol–water partition coefficient (Wildman–Crippen LogP) is 3.01. The highest BCUT2D eigenvalue weighted by Gasteiger charge is 2.09. The second kappa shape index (κ2) is 4.57. The van der Waals surface area contributed by atoms with Gasteiger partial charge in [-0.2, -0.15) is 0 Å². The zero-order valence-corrected chi connectivity index (χ0v) is 10.4. The molecule has 3 aromatic rings. The Morgan fingerprint density at radius 3 is 2.63 bits per heavy atom. The molecule has 3 rings (SSSR count). The van der Waals surface area contributed by atoms with Gasteiger partial charge in [-0.05, 0) is 13.0 Å². The fraction of sp³-hybridized carbons (Fsp3) is 0.0667. The van der Waals surface area contributed by atoms with Crippen LogP contribution >= 0.6 is 0 Å². The minimum Gasteiger partial charge on any atom is -0.469 e. The molecule has 4 nitrogen and oxygen atoms in total. The van der Waals surface area contributed by atoms with Crippen LogP contribution in [0.1, 0.15) is 5.76 Å². The monoisotopic (exact) mass is 252 g/mol. The molecule has 1 N–H and O–H groups in total. The highest BCUT2D eigenvalue weighted by Crippen LogP contribution is 2.22. The molecule has 0 saturated heterocycles. The van der Waals surface area contributed by atoms with Gasteiger partial charge in [0.2, 0.25) is 0 Å². The van der Waals surface area contributed by atoms with Crippen LogP contribution in [0.3, 0.4) is 0 Å². The summed E-state index contributed by atoms with van der Waals surface area (Å²) in [6, 6.07) is 12.9. The molecule has 0 saturated carbocycles. The number of H-pyrrole nitrogens is 1. The Labute approximate surface area is 109 Å². The van der Waals surface area contributed by atoms with E-state index in [1.54, 1.807) is 12.3 Å². The molecule has 0 unspecified atom stereocenters. The highest BCUT2D eigenvalue weighted by molar-refractivity contribution is 5.63. The van der Waals surface area contributed by atoms with Gasteiger partial charge in [-0.25, -0.2) is 4.98 Å². The summed E-state index contributed by atoms with van der Waals surface area (Å²) in [7, 11) is 0. The van der Waals surface area contributed by atoms with Crippen molar-refractivity contribution >= 4 is 0 Å². The minimum atomic E-state index is -0.176. The van der Waals surface area contributed by atoms with Gasteiger partial charge in [-0.15, -0.1) is 0 Å². The standard InChI is InChI=1S/C15H12N2O2/c1-10-12(7-8-19-10)15-16-13(9-14(18)17-15)11-5-3-2-4-6-11/h2-9H,1H3,(H,16,17,18). The van der Waals surface area contributed by atoms with Gasteiger partial charge in [0, 0.05) is 11.6 Å². The number of hydrogen-bond donors (Lipinski definition) is 1. The lowest BCUT2D eigenvalue weighted by Gasteiger charge is -2.03. The lowest BCUT2D eigenvalue weighted by atomic mass is 10.1. The van der Waals surface area contributed by atoms with Gasteiger partial charge in [-0.1, -0.05) is 30.3 Å². The molecule has 4 heteroatoms. The molecule has 2 aromatic heterocycles. The number of aromatic amines is 1. The summed E-state index contributed by atoms with van der Waals surface area (Å²) >= 11 is 0. The van der Waals surface area contributed by atoms with Crippen molar-refractivity contribution in [3.63, 3.8) is 0 Å². The Morgan fingerprint density at radius 1 is 1.16 bits per heavy atom. The van der Waals surface area contributed by atoms with Crippen LogP contribution in [0.15, 0.2) is 57.9 Å². The average molecular weight is 252 g/mol.